The average molecular weight is 470 g/mol. The van der Waals surface area contributed by atoms with Gasteiger partial charge in [-0.05, 0) is 26.2 Å². The van der Waals surface area contributed by atoms with E-state index in [9.17, 15) is 15.0 Å². The molecule has 1 aliphatic heterocycles. The van der Waals surface area contributed by atoms with Crippen LogP contribution >= 0.6 is 0 Å². The third kappa shape index (κ3) is 14.4. The minimum absolute atomic E-state index is 0.122. The summed E-state index contributed by atoms with van der Waals surface area (Å²) in [6, 6.07) is -0.659. The first-order valence-corrected chi connectivity index (χ1v) is 14.3. The monoisotopic (exact) mass is 469 g/mol. The van der Waals surface area contributed by atoms with Crippen LogP contribution in [0.4, 0.5) is 0 Å². The van der Waals surface area contributed by atoms with Gasteiger partial charge in [0, 0.05) is 13.1 Å². The Morgan fingerprint density at radius 2 is 1.30 bits per heavy atom. The number of β-amino-alcohol motifs (C(OH)–C–C–N with tert-alkyl or cyclic N) is 1. The Kier molecular flexibility index (Phi) is 18.1. The lowest BCUT2D eigenvalue weighted by Crippen LogP contribution is -2.58. The van der Waals surface area contributed by atoms with Crippen molar-refractivity contribution in [1.82, 2.24) is 4.90 Å². The van der Waals surface area contributed by atoms with Crippen molar-refractivity contribution < 1.29 is 19.7 Å². The van der Waals surface area contributed by atoms with Crippen molar-refractivity contribution >= 4 is 5.97 Å². The highest BCUT2D eigenvalue weighted by Crippen LogP contribution is 2.22. The average Bonchev–Trinajstić information content (AvgIpc) is 2.77. The topological polar surface area (TPSA) is 70.0 Å². The van der Waals surface area contributed by atoms with E-state index in [0.717, 1.165) is 32.1 Å². The molecule has 0 radical (unpaired) electrons. The number of cyclic esters (lactones) is 1. The van der Waals surface area contributed by atoms with Gasteiger partial charge in [0.25, 0.3) is 0 Å². The second-order valence-corrected chi connectivity index (χ2v) is 10.4. The third-order valence-corrected chi connectivity index (χ3v) is 7.03. The number of unbranched alkanes of at least 4 members (excludes halogenated alkanes) is 14. The summed E-state index contributed by atoms with van der Waals surface area (Å²) < 4.78 is 5.66. The standard InChI is InChI=1S/C28H55NO4/c1-4-6-8-10-12-14-16-18-20-25(31)22-29-23-26(33-28(32)27(29)24(3)30)21-19-17-15-13-11-9-7-5-2/h24-27,30-31H,4-23H2,1-3H3. The summed E-state index contributed by atoms with van der Waals surface area (Å²) in [6.45, 7) is 7.18. The van der Waals surface area contributed by atoms with E-state index in [2.05, 4.69) is 13.8 Å². The molecule has 33 heavy (non-hydrogen) atoms. The Balaban J connectivity index is 2.31. The van der Waals surface area contributed by atoms with Gasteiger partial charge in [0.15, 0.2) is 0 Å². The van der Waals surface area contributed by atoms with E-state index in [0.29, 0.717) is 13.1 Å². The molecule has 1 saturated heterocycles. The van der Waals surface area contributed by atoms with Crippen molar-refractivity contribution in [3.8, 4) is 0 Å². The molecule has 0 amide bonds. The Morgan fingerprint density at radius 1 is 0.818 bits per heavy atom. The molecule has 0 bridgehead atoms. The molecular formula is C28H55NO4. The van der Waals surface area contributed by atoms with Crippen LogP contribution in [-0.2, 0) is 9.53 Å². The van der Waals surface area contributed by atoms with Gasteiger partial charge < -0.3 is 14.9 Å². The summed E-state index contributed by atoms with van der Waals surface area (Å²) >= 11 is 0. The van der Waals surface area contributed by atoms with Crippen molar-refractivity contribution in [3.63, 3.8) is 0 Å². The third-order valence-electron chi connectivity index (χ3n) is 7.03. The lowest BCUT2D eigenvalue weighted by molar-refractivity contribution is -0.174. The summed E-state index contributed by atoms with van der Waals surface area (Å²) in [6.07, 6.45) is 20.3. The van der Waals surface area contributed by atoms with Gasteiger partial charge in [0.1, 0.15) is 12.1 Å². The highest BCUT2D eigenvalue weighted by atomic mass is 16.6. The van der Waals surface area contributed by atoms with Crippen LogP contribution in [0.5, 0.6) is 0 Å². The van der Waals surface area contributed by atoms with Crippen molar-refractivity contribution in [1.29, 1.82) is 0 Å². The summed E-state index contributed by atoms with van der Waals surface area (Å²) in [5.41, 5.74) is 0. The predicted molar refractivity (Wildman–Crippen MR) is 137 cm³/mol. The molecule has 0 spiro atoms. The fourth-order valence-electron chi connectivity index (χ4n) is 5.02. The number of carbonyl (C=O) groups excluding carboxylic acids is 1. The summed E-state index contributed by atoms with van der Waals surface area (Å²) in [5, 5.41) is 20.8. The van der Waals surface area contributed by atoms with E-state index in [4.69, 9.17) is 4.74 Å². The van der Waals surface area contributed by atoms with E-state index in [1.165, 1.54) is 83.5 Å². The summed E-state index contributed by atoms with van der Waals surface area (Å²) in [7, 11) is 0. The number of esters is 1. The second-order valence-electron chi connectivity index (χ2n) is 10.4. The van der Waals surface area contributed by atoms with Crippen molar-refractivity contribution in [2.75, 3.05) is 13.1 Å². The minimum Gasteiger partial charge on any atom is -0.460 e. The van der Waals surface area contributed by atoms with E-state index < -0.39 is 18.2 Å². The van der Waals surface area contributed by atoms with Crippen LogP contribution in [0.25, 0.3) is 0 Å². The fourth-order valence-corrected chi connectivity index (χ4v) is 5.02. The maximum atomic E-state index is 12.6. The predicted octanol–water partition coefficient (Wildman–Crippen LogP) is 6.39. The van der Waals surface area contributed by atoms with Crippen molar-refractivity contribution in [3.05, 3.63) is 0 Å². The number of hydrogen-bond acceptors (Lipinski definition) is 5. The first-order valence-electron chi connectivity index (χ1n) is 14.3. The molecule has 1 aliphatic rings. The number of rotatable bonds is 21. The Bertz CT molecular complexity index is 469. The zero-order chi connectivity index (χ0) is 24.3. The first-order chi connectivity index (χ1) is 16.0. The first kappa shape index (κ1) is 30.4. The molecule has 1 fully saturated rings. The zero-order valence-corrected chi connectivity index (χ0v) is 22.1. The second kappa shape index (κ2) is 19.6. The zero-order valence-electron chi connectivity index (χ0n) is 22.1. The molecule has 0 aromatic carbocycles. The summed E-state index contributed by atoms with van der Waals surface area (Å²) in [4.78, 5) is 14.5. The summed E-state index contributed by atoms with van der Waals surface area (Å²) in [5.74, 6) is -0.333. The SMILES string of the molecule is CCCCCCCCCCC(O)CN1CC(CCCCCCCCCC)OC(=O)C1C(C)O. The van der Waals surface area contributed by atoms with Gasteiger partial charge in [-0.3, -0.25) is 9.69 Å². The van der Waals surface area contributed by atoms with Gasteiger partial charge in [0.05, 0.1) is 12.2 Å². The molecule has 5 heteroatoms. The molecule has 196 valence electrons. The molecule has 5 nitrogen and oxygen atoms in total. The van der Waals surface area contributed by atoms with Crippen molar-refractivity contribution in [2.24, 2.45) is 0 Å². The minimum atomic E-state index is -0.795. The molecule has 1 rings (SSSR count). The van der Waals surface area contributed by atoms with E-state index >= 15 is 0 Å². The molecule has 1 heterocycles. The largest absolute Gasteiger partial charge is 0.460 e. The van der Waals surface area contributed by atoms with Gasteiger partial charge in [-0.1, -0.05) is 110 Å². The number of morpholine rings is 1. The molecule has 4 unspecified atom stereocenters. The highest BCUT2D eigenvalue weighted by Gasteiger charge is 2.39. The number of nitrogens with zero attached hydrogens (tertiary/aromatic N) is 1. The quantitative estimate of drug-likeness (QED) is 0.151. The lowest BCUT2D eigenvalue weighted by Gasteiger charge is -2.40. The van der Waals surface area contributed by atoms with Crippen LogP contribution in [0.2, 0.25) is 0 Å². The number of carbonyl (C=O) groups is 1. The van der Waals surface area contributed by atoms with Crippen LogP contribution in [0, 0.1) is 0 Å². The maximum Gasteiger partial charge on any atom is 0.326 e. The molecular weight excluding hydrogens is 414 g/mol. The molecule has 4 atom stereocenters. The number of hydrogen-bond donors (Lipinski definition) is 2. The van der Waals surface area contributed by atoms with Crippen LogP contribution < -0.4 is 0 Å². The Labute approximate surface area is 204 Å². The molecule has 0 saturated carbocycles. The van der Waals surface area contributed by atoms with Gasteiger partial charge in [-0.2, -0.15) is 0 Å². The Morgan fingerprint density at radius 3 is 1.82 bits per heavy atom. The molecule has 0 aromatic rings. The molecule has 0 aromatic heterocycles. The molecule has 2 N–H and O–H groups in total. The van der Waals surface area contributed by atoms with Gasteiger partial charge in [-0.15, -0.1) is 0 Å². The number of aliphatic hydroxyl groups excluding tert-OH is 2. The smallest absolute Gasteiger partial charge is 0.326 e. The van der Waals surface area contributed by atoms with E-state index in [-0.39, 0.29) is 12.1 Å². The van der Waals surface area contributed by atoms with Gasteiger partial charge >= 0.3 is 5.97 Å². The van der Waals surface area contributed by atoms with Crippen LogP contribution in [-0.4, -0.2) is 58.5 Å². The number of aliphatic hydroxyl groups is 2. The van der Waals surface area contributed by atoms with E-state index in [1.54, 1.807) is 6.92 Å². The van der Waals surface area contributed by atoms with Crippen LogP contribution in [0.1, 0.15) is 136 Å². The van der Waals surface area contributed by atoms with Crippen molar-refractivity contribution in [2.45, 2.75) is 161 Å². The maximum absolute atomic E-state index is 12.6. The highest BCUT2D eigenvalue weighted by molar-refractivity contribution is 5.77. The molecule has 0 aliphatic carbocycles. The van der Waals surface area contributed by atoms with Crippen LogP contribution in [0.15, 0.2) is 0 Å². The number of ether oxygens (including phenoxy) is 1. The van der Waals surface area contributed by atoms with E-state index in [1.807, 2.05) is 4.90 Å². The van der Waals surface area contributed by atoms with Crippen LogP contribution in [0.3, 0.4) is 0 Å². The Hall–Kier alpha value is -0.650. The fraction of sp³-hybridized carbons (Fsp3) is 0.964. The van der Waals surface area contributed by atoms with Gasteiger partial charge in [0.2, 0.25) is 0 Å². The normalized spacial score (nSPS) is 21.2. The van der Waals surface area contributed by atoms with Gasteiger partial charge in [-0.25, -0.2) is 0 Å². The lowest BCUT2D eigenvalue weighted by atomic mass is 10.0.